The van der Waals surface area contributed by atoms with Crippen LogP contribution in [0.2, 0.25) is 0 Å². The number of benzene rings is 2. The zero-order chi connectivity index (χ0) is 25.3. The van der Waals surface area contributed by atoms with Gasteiger partial charge in [0, 0.05) is 12.0 Å². The van der Waals surface area contributed by atoms with Crippen LogP contribution in [-0.2, 0) is 17.1 Å². The van der Waals surface area contributed by atoms with Gasteiger partial charge in [-0.25, -0.2) is 4.79 Å². The summed E-state index contributed by atoms with van der Waals surface area (Å²) in [5.74, 6) is -1.68. The van der Waals surface area contributed by atoms with Gasteiger partial charge >= 0.3 is 18.4 Å². The van der Waals surface area contributed by atoms with Crippen LogP contribution in [0.4, 0.5) is 36.8 Å². The van der Waals surface area contributed by atoms with E-state index >= 15 is 0 Å². The highest BCUT2D eigenvalue weighted by Gasteiger charge is 2.42. The zero-order valence-corrected chi connectivity index (χ0v) is 18.6. The molecule has 10 heteroatoms. The molecule has 3 atom stereocenters. The minimum absolute atomic E-state index is 0.0642. The third-order valence-electron chi connectivity index (χ3n) is 6.17. The normalized spacial score (nSPS) is 19.5. The lowest BCUT2D eigenvalue weighted by atomic mass is 9.74. The van der Waals surface area contributed by atoms with Crippen molar-refractivity contribution in [3.63, 3.8) is 0 Å². The van der Waals surface area contributed by atoms with Crippen LogP contribution in [0.5, 0.6) is 0 Å². The lowest BCUT2D eigenvalue weighted by Crippen LogP contribution is -2.46. The van der Waals surface area contributed by atoms with E-state index in [1.54, 1.807) is 13.8 Å². The molecule has 0 spiro atoms. The average Bonchev–Trinajstić information content (AvgIpc) is 2.78. The number of aliphatic hydroxyl groups is 1. The number of hydrogen-bond donors (Lipinski definition) is 1. The number of amides is 1. The molecule has 186 valence electrons. The van der Waals surface area contributed by atoms with E-state index in [1.807, 2.05) is 0 Å². The lowest BCUT2D eigenvalue weighted by Gasteiger charge is -2.42. The highest BCUT2D eigenvalue weighted by Crippen LogP contribution is 2.48. The van der Waals surface area contributed by atoms with Crippen molar-refractivity contribution in [1.82, 2.24) is 0 Å². The van der Waals surface area contributed by atoms with Crippen LogP contribution >= 0.6 is 0 Å². The molecule has 1 aliphatic heterocycles. The monoisotopic (exact) mass is 489 g/mol. The van der Waals surface area contributed by atoms with Crippen molar-refractivity contribution >= 4 is 11.8 Å². The van der Waals surface area contributed by atoms with Gasteiger partial charge in [-0.15, -0.1) is 0 Å². The van der Waals surface area contributed by atoms with Crippen molar-refractivity contribution in [3.8, 4) is 0 Å². The third kappa shape index (κ3) is 5.16. The minimum Gasteiger partial charge on any atom is -0.449 e. The molecule has 2 aromatic rings. The van der Waals surface area contributed by atoms with E-state index < -0.39 is 54.1 Å². The number of ether oxygens (including phenoxy) is 1. The van der Waals surface area contributed by atoms with Crippen molar-refractivity contribution in [2.45, 2.75) is 56.9 Å². The molecular weight excluding hydrogens is 464 g/mol. The van der Waals surface area contributed by atoms with Gasteiger partial charge in [0.1, 0.15) is 0 Å². The summed E-state index contributed by atoms with van der Waals surface area (Å²) in [6.45, 7) is 2.88. The Morgan fingerprint density at radius 1 is 1.06 bits per heavy atom. The molecule has 34 heavy (non-hydrogen) atoms. The van der Waals surface area contributed by atoms with Crippen LogP contribution in [0.15, 0.2) is 42.5 Å². The number of rotatable bonds is 5. The van der Waals surface area contributed by atoms with Crippen LogP contribution in [0.3, 0.4) is 0 Å². The molecule has 1 aliphatic rings. The van der Waals surface area contributed by atoms with E-state index in [0.29, 0.717) is 6.42 Å². The van der Waals surface area contributed by atoms with Crippen LogP contribution in [0.25, 0.3) is 0 Å². The first-order valence-corrected chi connectivity index (χ1v) is 10.9. The highest BCUT2D eigenvalue weighted by molar-refractivity contribution is 5.90. The number of hydrogen-bond acceptors (Lipinski definition) is 3. The quantitative estimate of drug-likeness (QED) is 0.474. The molecule has 1 heterocycles. The van der Waals surface area contributed by atoms with Gasteiger partial charge in [-0.2, -0.15) is 26.3 Å². The lowest BCUT2D eigenvalue weighted by molar-refractivity contribution is -0.138. The Morgan fingerprint density at radius 2 is 1.71 bits per heavy atom. The molecule has 2 aromatic carbocycles. The number of carbonyl (C=O) groups excluding carboxylic acids is 1. The topological polar surface area (TPSA) is 49.8 Å². The summed E-state index contributed by atoms with van der Waals surface area (Å²) in [6, 6.07) is 6.91. The van der Waals surface area contributed by atoms with Crippen molar-refractivity contribution in [2.24, 2.45) is 0 Å². The largest absolute Gasteiger partial charge is 0.449 e. The molecule has 3 rings (SSSR count). The van der Waals surface area contributed by atoms with Crippen molar-refractivity contribution in [2.75, 3.05) is 18.1 Å². The summed E-state index contributed by atoms with van der Waals surface area (Å²) in [6.07, 6.45) is -9.42. The van der Waals surface area contributed by atoms with Crippen LogP contribution < -0.4 is 4.90 Å². The maximum absolute atomic E-state index is 13.5. The minimum atomic E-state index is -4.67. The van der Waals surface area contributed by atoms with E-state index in [1.165, 1.54) is 23.1 Å². The number of fused-ring (bicyclic) bond motifs is 1. The first kappa shape index (κ1) is 25.9. The fourth-order valence-corrected chi connectivity index (χ4v) is 4.55. The highest BCUT2D eigenvalue weighted by atomic mass is 19.4. The van der Waals surface area contributed by atoms with Crippen LogP contribution in [-0.4, -0.2) is 30.5 Å². The van der Waals surface area contributed by atoms with Gasteiger partial charge in [-0.05, 0) is 61.1 Å². The van der Waals surface area contributed by atoms with Crippen molar-refractivity contribution in [3.05, 3.63) is 64.7 Å². The standard InChI is InChI=1S/C24H25F6NO3/c1-3-17-12-18(20(13-32)14-6-5-7-15(10-14)23(25,26)27)19-11-16(24(28,29)30)8-9-21(19)31(17)22(33)34-4-2/h5-11,17-18,20,32H,3-4,12-13H2,1-2H3. The summed E-state index contributed by atoms with van der Waals surface area (Å²) < 4.78 is 85.5. The van der Waals surface area contributed by atoms with E-state index in [9.17, 15) is 36.2 Å². The molecule has 3 unspecified atom stereocenters. The second-order valence-electron chi connectivity index (χ2n) is 8.16. The molecule has 0 saturated heterocycles. The maximum Gasteiger partial charge on any atom is 0.416 e. The second-order valence-corrected chi connectivity index (χ2v) is 8.16. The second kappa shape index (κ2) is 9.85. The summed E-state index contributed by atoms with van der Waals surface area (Å²) in [4.78, 5) is 14.0. The molecule has 4 nitrogen and oxygen atoms in total. The Bertz CT molecular complexity index is 1020. The first-order valence-electron chi connectivity index (χ1n) is 10.9. The molecule has 0 saturated carbocycles. The number of carbonyl (C=O) groups is 1. The molecule has 0 aromatic heterocycles. The van der Waals surface area contributed by atoms with Gasteiger partial charge in [0.15, 0.2) is 0 Å². The Balaban J connectivity index is 2.18. The summed E-state index contributed by atoms with van der Waals surface area (Å²) in [5.41, 5.74) is -1.38. The molecule has 0 fully saturated rings. The van der Waals surface area contributed by atoms with Gasteiger partial charge in [-0.1, -0.05) is 25.1 Å². The van der Waals surface area contributed by atoms with Gasteiger partial charge in [0.05, 0.1) is 30.0 Å². The van der Waals surface area contributed by atoms with E-state index in [2.05, 4.69) is 0 Å². The van der Waals surface area contributed by atoms with Gasteiger partial charge in [0.2, 0.25) is 0 Å². The summed E-state index contributed by atoms with van der Waals surface area (Å²) >= 11 is 0. The zero-order valence-electron chi connectivity index (χ0n) is 18.6. The Morgan fingerprint density at radius 3 is 2.26 bits per heavy atom. The Kier molecular flexibility index (Phi) is 7.50. The van der Waals surface area contributed by atoms with Crippen molar-refractivity contribution < 1.29 is 41.0 Å². The predicted octanol–water partition coefficient (Wildman–Crippen LogP) is 6.73. The molecule has 0 aliphatic carbocycles. The molecule has 1 N–H and O–H groups in total. The Labute approximate surface area is 193 Å². The third-order valence-corrected chi connectivity index (χ3v) is 6.17. The van der Waals surface area contributed by atoms with Crippen LogP contribution in [0, 0.1) is 0 Å². The maximum atomic E-state index is 13.5. The average molecular weight is 489 g/mol. The van der Waals surface area contributed by atoms with E-state index in [-0.39, 0.29) is 29.8 Å². The van der Waals surface area contributed by atoms with Crippen LogP contribution in [0.1, 0.15) is 60.8 Å². The fourth-order valence-electron chi connectivity index (χ4n) is 4.55. The van der Waals surface area contributed by atoms with Gasteiger partial charge in [-0.3, -0.25) is 4.90 Å². The number of alkyl halides is 6. The molecule has 0 radical (unpaired) electrons. The van der Waals surface area contributed by atoms with E-state index in [0.717, 1.165) is 24.3 Å². The van der Waals surface area contributed by atoms with E-state index in [4.69, 9.17) is 4.74 Å². The molecule has 1 amide bonds. The number of halogens is 6. The summed E-state index contributed by atoms with van der Waals surface area (Å²) in [5, 5.41) is 10.2. The smallest absolute Gasteiger partial charge is 0.416 e. The first-order chi connectivity index (χ1) is 15.9. The number of aliphatic hydroxyl groups excluding tert-OH is 1. The summed E-state index contributed by atoms with van der Waals surface area (Å²) in [7, 11) is 0. The van der Waals surface area contributed by atoms with Gasteiger partial charge in [0.25, 0.3) is 0 Å². The fraction of sp³-hybridized carbons (Fsp3) is 0.458. The molecule has 0 bridgehead atoms. The number of anilines is 1. The number of nitrogens with zero attached hydrogens (tertiary/aromatic N) is 1. The SMILES string of the molecule is CCOC(=O)N1c2ccc(C(F)(F)F)cc2C(C(CO)c2cccc(C(F)(F)F)c2)CC1CC. The molecular formula is C24H25F6NO3. The van der Waals surface area contributed by atoms with Gasteiger partial charge < -0.3 is 9.84 Å². The van der Waals surface area contributed by atoms with Crippen molar-refractivity contribution in [1.29, 1.82) is 0 Å². The predicted molar refractivity (Wildman–Crippen MR) is 114 cm³/mol. The Hall–Kier alpha value is -2.75.